The highest BCUT2D eigenvalue weighted by molar-refractivity contribution is 5.81. The molecular weight excluding hydrogens is 278 g/mol. The van der Waals surface area contributed by atoms with Crippen LogP contribution in [0.3, 0.4) is 0 Å². The van der Waals surface area contributed by atoms with Crippen molar-refractivity contribution in [1.82, 2.24) is 0 Å². The predicted molar refractivity (Wildman–Crippen MR) is 80.6 cm³/mol. The summed E-state index contributed by atoms with van der Waals surface area (Å²) in [5.41, 5.74) is -1.11. The van der Waals surface area contributed by atoms with Gasteiger partial charge < -0.3 is 4.74 Å². The van der Waals surface area contributed by atoms with Crippen molar-refractivity contribution in [2.45, 2.75) is 58.8 Å². The van der Waals surface area contributed by atoms with Gasteiger partial charge in [0.2, 0.25) is 0 Å². The van der Waals surface area contributed by atoms with E-state index in [-0.39, 0.29) is 29.0 Å². The maximum atomic E-state index is 12.5. The van der Waals surface area contributed by atoms with Gasteiger partial charge in [0.15, 0.2) is 0 Å². The second kappa shape index (κ2) is 4.81. The second-order valence-electron chi connectivity index (χ2n) is 8.10. The van der Waals surface area contributed by atoms with E-state index < -0.39 is 10.8 Å². The van der Waals surface area contributed by atoms with E-state index >= 15 is 0 Å². The molecule has 0 aromatic carbocycles. The van der Waals surface area contributed by atoms with Crippen LogP contribution in [0.25, 0.3) is 0 Å². The minimum Gasteiger partial charge on any atom is -0.469 e. The molecule has 0 aromatic heterocycles. The molecule has 4 nitrogen and oxygen atoms in total. The fraction of sp³-hybridized carbons (Fsp3) is 0.833. The molecule has 0 aliphatic heterocycles. The lowest BCUT2D eigenvalue weighted by Gasteiger charge is -2.50. The van der Waals surface area contributed by atoms with E-state index in [4.69, 9.17) is 4.74 Å². The highest BCUT2D eigenvalue weighted by Gasteiger charge is 2.67. The van der Waals surface area contributed by atoms with Crippen LogP contribution in [0.2, 0.25) is 0 Å². The van der Waals surface area contributed by atoms with E-state index in [1.54, 1.807) is 0 Å². The van der Waals surface area contributed by atoms with Crippen molar-refractivity contribution in [3.63, 3.8) is 0 Å². The Bertz CT molecular complexity index is 565. The third-order valence-corrected chi connectivity index (χ3v) is 7.11. The Hall–Kier alpha value is -1.37. The quantitative estimate of drug-likeness (QED) is 0.697. The molecule has 22 heavy (non-hydrogen) atoms. The number of Topliss-reactive ketones (excluding diaryl/α,β-unsaturated/α-hetero) is 1. The molecule has 3 saturated carbocycles. The summed E-state index contributed by atoms with van der Waals surface area (Å²) in [6.45, 7) is 4.25. The number of rotatable bonds is 1. The number of nitriles is 1. The summed E-state index contributed by atoms with van der Waals surface area (Å²) < 4.78 is 5.10. The smallest absolute Gasteiger partial charge is 0.311 e. The van der Waals surface area contributed by atoms with Gasteiger partial charge in [0.25, 0.3) is 0 Å². The van der Waals surface area contributed by atoms with Crippen LogP contribution in [0, 0.1) is 39.4 Å². The molecule has 3 aliphatic carbocycles. The van der Waals surface area contributed by atoms with E-state index in [0.29, 0.717) is 19.3 Å². The van der Waals surface area contributed by atoms with Crippen LogP contribution in [0.15, 0.2) is 0 Å². The number of ketones is 1. The zero-order valence-electron chi connectivity index (χ0n) is 13.8. The lowest BCUT2D eigenvalue weighted by molar-refractivity contribution is -0.163. The van der Waals surface area contributed by atoms with Gasteiger partial charge in [0, 0.05) is 12.8 Å². The normalized spacial score (nSPS) is 47.3. The minimum absolute atomic E-state index is 0.0301. The van der Waals surface area contributed by atoms with Crippen LogP contribution < -0.4 is 0 Å². The molecule has 0 saturated heterocycles. The molecular formula is C18H25NO3. The molecule has 3 aliphatic rings. The van der Waals surface area contributed by atoms with Gasteiger partial charge >= 0.3 is 5.97 Å². The number of carbonyl (C=O) groups excluding carboxylic acids is 2. The topological polar surface area (TPSA) is 67.2 Å². The number of esters is 1. The van der Waals surface area contributed by atoms with Crippen molar-refractivity contribution < 1.29 is 14.3 Å². The second-order valence-corrected chi connectivity index (χ2v) is 8.10. The van der Waals surface area contributed by atoms with Crippen molar-refractivity contribution >= 4 is 11.8 Å². The Morgan fingerprint density at radius 1 is 1.32 bits per heavy atom. The first-order valence-electron chi connectivity index (χ1n) is 8.34. The third kappa shape index (κ3) is 1.81. The summed E-state index contributed by atoms with van der Waals surface area (Å²) >= 11 is 0. The Morgan fingerprint density at radius 2 is 2.05 bits per heavy atom. The van der Waals surface area contributed by atoms with E-state index in [0.717, 1.165) is 25.7 Å². The van der Waals surface area contributed by atoms with Crippen LogP contribution in [0.5, 0.6) is 0 Å². The molecule has 4 heteroatoms. The van der Waals surface area contributed by atoms with Crippen LogP contribution in [-0.2, 0) is 14.3 Å². The fourth-order valence-corrected chi connectivity index (χ4v) is 6.11. The molecule has 0 amide bonds. The molecule has 0 radical (unpaired) electrons. The average Bonchev–Trinajstić information content (AvgIpc) is 2.77. The standard InChI is InChI=1S/C18H25NO3/c1-16-7-4-8-17(2,15(21)22-3)14(16)10-18(11-19)9-12(20)5-6-13(16)18/h13-14H,4-10H2,1-3H3/t13-,14-,16+,17+,18-/m1/s1. The monoisotopic (exact) mass is 303 g/mol. The number of ether oxygens (including phenoxy) is 1. The maximum Gasteiger partial charge on any atom is 0.311 e. The summed E-state index contributed by atoms with van der Waals surface area (Å²) in [4.78, 5) is 24.5. The van der Waals surface area contributed by atoms with Crippen LogP contribution in [0.1, 0.15) is 58.8 Å². The number of methoxy groups -OCH3 is 1. The maximum absolute atomic E-state index is 12.5. The summed E-state index contributed by atoms with van der Waals surface area (Å²) in [5.74, 6) is 0.426. The number of carbonyl (C=O) groups is 2. The molecule has 0 unspecified atom stereocenters. The first kappa shape index (κ1) is 15.5. The van der Waals surface area contributed by atoms with Crippen molar-refractivity contribution in [1.29, 1.82) is 5.26 Å². The third-order valence-electron chi connectivity index (χ3n) is 7.11. The summed E-state index contributed by atoms with van der Waals surface area (Å²) in [5, 5.41) is 9.88. The highest BCUT2D eigenvalue weighted by Crippen LogP contribution is 2.70. The van der Waals surface area contributed by atoms with Gasteiger partial charge in [-0.1, -0.05) is 13.3 Å². The zero-order chi connectivity index (χ0) is 16.2. The Labute approximate surface area is 132 Å². The molecule has 5 atom stereocenters. The van der Waals surface area contributed by atoms with Crippen LogP contribution in [-0.4, -0.2) is 18.9 Å². The molecule has 3 fully saturated rings. The van der Waals surface area contributed by atoms with Gasteiger partial charge in [-0.3, -0.25) is 9.59 Å². The van der Waals surface area contributed by atoms with Crippen LogP contribution >= 0.6 is 0 Å². The van der Waals surface area contributed by atoms with Crippen molar-refractivity contribution in [2.24, 2.45) is 28.1 Å². The van der Waals surface area contributed by atoms with E-state index in [2.05, 4.69) is 13.0 Å². The lowest BCUT2D eigenvalue weighted by Crippen LogP contribution is -2.48. The van der Waals surface area contributed by atoms with Gasteiger partial charge in [-0.2, -0.15) is 5.26 Å². The molecule has 0 spiro atoms. The predicted octanol–water partition coefficient (Wildman–Crippen LogP) is 3.25. The molecule has 3 rings (SSSR count). The van der Waals surface area contributed by atoms with E-state index in [9.17, 15) is 14.9 Å². The zero-order valence-corrected chi connectivity index (χ0v) is 13.8. The molecule has 0 N–H and O–H groups in total. The first-order chi connectivity index (χ1) is 10.3. The molecule has 0 heterocycles. The van der Waals surface area contributed by atoms with Gasteiger partial charge in [-0.15, -0.1) is 0 Å². The summed E-state index contributed by atoms with van der Waals surface area (Å²) in [6, 6.07) is 2.51. The van der Waals surface area contributed by atoms with Crippen molar-refractivity contribution in [3.05, 3.63) is 0 Å². The SMILES string of the molecule is COC(=O)[C@@]1(C)CCC[C@]2(C)[C@H]1C[C@@]1(C#N)CC(=O)CC[C@@H]12. The van der Waals surface area contributed by atoms with Crippen molar-refractivity contribution in [3.8, 4) is 6.07 Å². The number of nitrogens with zero attached hydrogens (tertiary/aromatic N) is 1. The van der Waals surface area contributed by atoms with E-state index in [1.807, 2.05) is 6.92 Å². The summed E-state index contributed by atoms with van der Waals surface area (Å²) in [7, 11) is 1.45. The minimum atomic E-state index is -0.561. The van der Waals surface area contributed by atoms with Gasteiger partial charge in [-0.25, -0.2) is 0 Å². The Balaban J connectivity index is 2.07. The average molecular weight is 303 g/mol. The number of hydrogen-bond donors (Lipinski definition) is 0. The van der Waals surface area contributed by atoms with Crippen LogP contribution in [0.4, 0.5) is 0 Å². The molecule has 0 aromatic rings. The highest BCUT2D eigenvalue weighted by atomic mass is 16.5. The fourth-order valence-electron chi connectivity index (χ4n) is 6.11. The van der Waals surface area contributed by atoms with Gasteiger partial charge in [0.1, 0.15) is 5.78 Å². The van der Waals surface area contributed by atoms with E-state index in [1.165, 1.54) is 7.11 Å². The summed E-state index contributed by atoms with van der Waals surface area (Å²) in [6.07, 6.45) is 5.29. The largest absolute Gasteiger partial charge is 0.469 e. The number of hydrogen-bond acceptors (Lipinski definition) is 4. The molecule has 0 bridgehead atoms. The lowest BCUT2D eigenvalue weighted by atomic mass is 9.54. The van der Waals surface area contributed by atoms with Gasteiger partial charge in [0.05, 0.1) is 24.0 Å². The first-order valence-corrected chi connectivity index (χ1v) is 8.34. The Morgan fingerprint density at radius 3 is 2.68 bits per heavy atom. The van der Waals surface area contributed by atoms with Gasteiger partial charge in [-0.05, 0) is 49.9 Å². The number of fused-ring (bicyclic) bond motifs is 3. The van der Waals surface area contributed by atoms with Crippen molar-refractivity contribution in [2.75, 3.05) is 7.11 Å². The molecule has 120 valence electrons. The Kier molecular flexibility index (Phi) is 3.39.